The van der Waals surface area contributed by atoms with Crippen LogP contribution in [0.5, 0.6) is 0 Å². The minimum Gasteiger partial charge on any atom is -0.472 e. The van der Waals surface area contributed by atoms with Gasteiger partial charge in [0.2, 0.25) is 0 Å². The van der Waals surface area contributed by atoms with E-state index >= 15 is 0 Å². The Morgan fingerprint density at radius 3 is 3.08 bits per heavy atom. The second-order valence-corrected chi connectivity index (χ2v) is 6.64. The van der Waals surface area contributed by atoms with Crippen LogP contribution in [0.1, 0.15) is 22.5 Å². The van der Waals surface area contributed by atoms with Gasteiger partial charge in [-0.3, -0.25) is 9.69 Å². The molecule has 6 heteroatoms. The molecule has 2 aromatic rings. The maximum atomic E-state index is 12.0. The SMILES string of the molecule is O=C(NC[C@@H]1OC[C@H]2CN(Cc3ccoc3)CC[C@H]21)c1ccco1. The second kappa shape index (κ2) is 6.83. The highest BCUT2D eigenvalue weighted by atomic mass is 16.5. The van der Waals surface area contributed by atoms with Crippen molar-refractivity contribution in [2.75, 3.05) is 26.2 Å². The summed E-state index contributed by atoms with van der Waals surface area (Å²) in [5.41, 5.74) is 1.22. The van der Waals surface area contributed by atoms with Gasteiger partial charge in [-0.2, -0.15) is 0 Å². The molecular formula is C18H22N2O4. The number of rotatable bonds is 5. The zero-order valence-corrected chi connectivity index (χ0v) is 13.5. The predicted molar refractivity (Wildman–Crippen MR) is 86.4 cm³/mol. The van der Waals surface area contributed by atoms with E-state index in [1.54, 1.807) is 18.4 Å². The summed E-state index contributed by atoms with van der Waals surface area (Å²) in [6, 6.07) is 5.40. The summed E-state index contributed by atoms with van der Waals surface area (Å²) in [7, 11) is 0. The van der Waals surface area contributed by atoms with Gasteiger partial charge in [-0.1, -0.05) is 0 Å². The standard InChI is InChI=1S/C18H22N2O4/c21-18(16-2-1-6-23-16)19-8-17-15-3-5-20(10-14(15)12-24-17)9-13-4-7-22-11-13/h1-2,4,6-7,11,14-15,17H,3,5,8-10,12H2,(H,19,21)/t14-,15-,17+/m1/s1. The van der Waals surface area contributed by atoms with E-state index in [1.807, 2.05) is 12.3 Å². The fourth-order valence-electron chi connectivity index (χ4n) is 3.85. The van der Waals surface area contributed by atoms with Crippen LogP contribution in [0, 0.1) is 11.8 Å². The molecule has 3 atom stereocenters. The number of carbonyl (C=O) groups is 1. The van der Waals surface area contributed by atoms with Crippen LogP contribution in [-0.4, -0.2) is 43.2 Å². The van der Waals surface area contributed by atoms with Crippen molar-refractivity contribution in [1.82, 2.24) is 10.2 Å². The first-order chi connectivity index (χ1) is 11.8. The average Bonchev–Trinajstić information content (AvgIpc) is 3.34. The molecule has 2 aliphatic rings. The van der Waals surface area contributed by atoms with Gasteiger partial charge >= 0.3 is 0 Å². The molecule has 0 aromatic carbocycles. The topological polar surface area (TPSA) is 67.8 Å². The second-order valence-electron chi connectivity index (χ2n) is 6.64. The van der Waals surface area contributed by atoms with Crippen LogP contribution in [0.2, 0.25) is 0 Å². The van der Waals surface area contributed by atoms with E-state index in [0.29, 0.717) is 24.1 Å². The van der Waals surface area contributed by atoms with Gasteiger partial charge in [-0.05, 0) is 37.1 Å². The number of hydrogen-bond acceptors (Lipinski definition) is 5. The average molecular weight is 330 g/mol. The zero-order chi connectivity index (χ0) is 16.4. The molecule has 6 nitrogen and oxygen atoms in total. The summed E-state index contributed by atoms with van der Waals surface area (Å²) in [6.45, 7) is 4.34. The summed E-state index contributed by atoms with van der Waals surface area (Å²) in [4.78, 5) is 14.4. The monoisotopic (exact) mass is 330 g/mol. The highest BCUT2D eigenvalue weighted by Gasteiger charge is 2.40. The Hall–Kier alpha value is -2.05. The third kappa shape index (κ3) is 3.25. The number of hydrogen-bond donors (Lipinski definition) is 1. The lowest BCUT2D eigenvalue weighted by atomic mass is 9.84. The van der Waals surface area contributed by atoms with Crippen LogP contribution in [0.4, 0.5) is 0 Å². The van der Waals surface area contributed by atoms with Crippen molar-refractivity contribution in [3.05, 3.63) is 48.3 Å². The Morgan fingerprint density at radius 1 is 1.33 bits per heavy atom. The predicted octanol–water partition coefficient (Wildman–Crippen LogP) is 2.14. The number of ether oxygens (including phenoxy) is 1. The van der Waals surface area contributed by atoms with E-state index in [9.17, 15) is 4.79 Å². The molecule has 2 fully saturated rings. The van der Waals surface area contributed by atoms with Gasteiger partial charge in [-0.15, -0.1) is 0 Å². The number of fused-ring (bicyclic) bond motifs is 1. The molecule has 0 spiro atoms. The minimum absolute atomic E-state index is 0.102. The number of likely N-dealkylation sites (tertiary alicyclic amines) is 1. The summed E-state index contributed by atoms with van der Waals surface area (Å²) in [5.74, 6) is 1.22. The molecular weight excluding hydrogens is 308 g/mol. The third-order valence-electron chi connectivity index (χ3n) is 5.07. The number of nitrogens with zero attached hydrogens (tertiary/aromatic N) is 1. The van der Waals surface area contributed by atoms with E-state index in [0.717, 1.165) is 32.7 Å². The van der Waals surface area contributed by atoms with E-state index < -0.39 is 0 Å². The smallest absolute Gasteiger partial charge is 0.287 e. The van der Waals surface area contributed by atoms with Gasteiger partial charge in [0.25, 0.3) is 5.91 Å². The molecule has 128 valence electrons. The molecule has 1 amide bonds. The van der Waals surface area contributed by atoms with Crippen LogP contribution in [0.15, 0.2) is 45.8 Å². The molecule has 24 heavy (non-hydrogen) atoms. The Kier molecular flexibility index (Phi) is 4.40. The lowest BCUT2D eigenvalue weighted by Crippen LogP contribution is -2.43. The first-order valence-corrected chi connectivity index (χ1v) is 8.46. The third-order valence-corrected chi connectivity index (χ3v) is 5.07. The number of furan rings is 2. The Morgan fingerprint density at radius 2 is 2.29 bits per heavy atom. The molecule has 2 aromatic heterocycles. The van der Waals surface area contributed by atoms with Crippen LogP contribution >= 0.6 is 0 Å². The van der Waals surface area contributed by atoms with Gasteiger partial charge in [0.05, 0.1) is 31.5 Å². The maximum Gasteiger partial charge on any atom is 0.287 e. The molecule has 2 aliphatic heterocycles. The number of amides is 1. The van der Waals surface area contributed by atoms with Crippen molar-refractivity contribution in [2.24, 2.45) is 11.8 Å². The Labute approximate surface area is 140 Å². The highest BCUT2D eigenvalue weighted by molar-refractivity contribution is 5.91. The molecule has 2 saturated heterocycles. The quantitative estimate of drug-likeness (QED) is 0.910. The Balaban J connectivity index is 1.28. The van der Waals surface area contributed by atoms with Gasteiger partial charge in [-0.25, -0.2) is 0 Å². The van der Waals surface area contributed by atoms with Gasteiger partial charge < -0.3 is 18.9 Å². The van der Waals surface area contributed by atoms with Gasteiger partial charge in [0.1, 0.15) is 0 Å². The van der Waals surface area contributed by atoms with Crippen molar-refractivity contribution in [3.8, 4) is 0 Å². The maximum absolute atomic E-state index is 12.0. The molecule has 0 radical (unpaired) electrons. The summed E-state index contributed by atoms with van der Waals surface area (Å²) in [6.07, 6.45) is 6.24. The molecule has 0 unspecified atom stereocenters. The molecule has 1 N–H and O–H groups in total. The van der Waals surface area contributed by atoms with Crippen molar-refractivity contribution in [3.63, 3.8) is 0 Å². The van der Waals surface area contributed by atoms with Gasteiger partial charge in [0.15, 0.2) is 5.76 Å². The fraction of sp³-hybridized carbons (Fsp3) is 0.500. The molecule has 0 bridgehead atoms. The fourth-order valence-corrected chi connectivity index (χ4v) is 3.85. The first kappa shape index (κ1) is 15.5. The van der Waals surface area contributed by atoms with Crippen LogP contribution in [0.3, 0.4) is 0 Å². The molecule has 0 aliphatic carbocycles. The van der Waals surface area contributed by atoms with Crippen molar-refractivity contribution < 1.29 is 18.4 Å². The van der Waals surface area contributed by atoms with Gasteiger partial charge in [0, 0.05) is 31.1 Å². The normalized spacial score (nSPS) is 27.1. The van der Waals surface area contributed by atoms with Crippen molar-refractivity contribution in [1.29, 1.82) is 0 Å². The Bertz CT molecular complexity index is 653. The van der Waals surface area contributed by atoms with Crippen LogP contribution < -0.4 is 5.32 Å². The number of piperidine rings is 1. The summed E-state index contributed by atoms with van der Waals surface area (Å²) >= 11 is 0. The van der Waals surface area contributed by atoms with E-state index in [1.165, 1.54) is 11.8 Å². The van der Waals surface area contributed by atoms with E-state index in [4.69, 9.17) is 13.6 Å². The zero-order valence-electron chi connectivity index (χ0n) is 13.5. The summed E-state index contributed by atoms with van der Waals surface area (Å²) < 4.78 is 16.2. The lowest BCUT2D eigenvalue weighted by molar-refractivity contribution is 0.0729. The largest absolute Gasteiger partial charge is 0.472 e. The molecule has 4 heterocycles. The highest BCUT2D eigenvalue weighted by Crippen LogP contribution is 2.34. The summed E-state index contributed by atoms with van der Waals surface area (Å²) in [5, 5.41) is 2.92. The number of carbonyl (C=O) groups excluding carboxylic acids is 1. The first-order valence-electron chi connectivity index (χ1n) is 8.46. The van der Waals surface area contributed by atoms with Crippen molar-refractivity contribution in [2.45, 2.75) is 19.1 Å². The number of nitrogens with one attached hydrogen (secondary N) is 1. The molecule has 4 rings (SSSR count). The van der Waals surface area contributed by atoms with Crippen LogP contribution in [0.25, 0.3) is 0 Å². The molecule has 0 saturated carbocycles. The van der Waals surface area contributed by atoms with E-state index in [-0.39, 0.29) is 12.0 Å². The van der Waals surface area contributed by atoms with E-state index in [2.05, 4.69) is 10.2 Å². The lowest BCUT2D eigenvalue weighted by Gasteiger charge is -2.35. The van der Waals surface area contributed by atoms with Crippen LogP contribution in [-0.2, 0) is 11.3 Å². The van der Waals surface area contributed by atoms with Crippen molar-refractivity contribution >= 4 is 5.91 Å². The minimum atomic E-state index is -0.176.